The Hall–Kier alpha value is -1.82. The Kier molecular flexibility index (Phi) is 4.71. The van der Waals surface area contributed by atoms with Crippen molar-refractivity contribution in [3.05, 3.63) is 57.0 Å². The van der Waals surface area contributed by atoms with E-state index in [0.29, 0.717) is 11.8 Å². The van der Waals surface area contributed by atoms with E-state index in [1.54, 1.807) is 0 Å². The summed E-state index contributed by atoms with van der Waals surface area (Å²) >= 11 is 17.6. The molecular formula is C15H10Cl3N3O2. The van der Waals surface area contributed by atoms with Gasteiger partial charge in [-0.2, -0.15) is 4.98 Å². The van der Waals surface area contributed by atoms with Crippen LogP contribution in [0.3, 0.4) is 0 Å². The summed E-state index contributed by atoms with van der Waals surface area (Å²) in [6.45, 7) is 1.98. The lowest BCUT2D eigenvalue weighted by molar-refractivity contribution is 0.255. The van der Waals surface area contributed by atoms with Crippen LogP contribution in [0.5, 0.6) is 5.88 Å². The molecule has 0 aliphatic carbocycles. The summed E-state index contributed by atoms with van der Waals surface area (Å²) in [6, 6.07) is 9.18. The third-order valence-electron chi connectivity index (χ3n) is 3.03. The Morgan fingerprint density at radius 3 is 2.65 bits per heavy atom. The molecule has 0 saturated heterocycles. The lowest BCUT2D eigenvalue weighted by Crippen LogP contribution is -1.98. The van der Waals surface area contributed by atoms with Gasteiger partial charge in [-0.3, -0.25) is 0 Å². The predicted molar refractivity (Wildman–Crippen MR) is 88.1 cm³/mol. The number of aryl methyl sites for hydroxylation is 1. The Balaban J connectivity index is 1.76. The number of ether oxygens (including phenoxy) is 1. The molecular weight excluding hydrogens is 361 g/mol. The summed E-state index contributed by atoms with van der Waals surface area (Å²) in [4.78, 5) is 3.96. The fourth-order valence-corrected chi connectivity index (χ4v) is 2.44. The van der Waals surface area contributed by atoms with Crippen molar-refractivity contribution in [3.8, 4) is 17.3 Å². The molecule has 0 aliphatic heterocycles. The highest BCUT2D eigenvalue weighted by molar-refractivity contribution is 6.42. The summed E-state index contributed by atoms with van der Waals surface area (Å²) < 4.78 is 11.0. The van der Waals surface area contributed by atoms with Crippen molar-refractivity contribution >= 4 is 34.8 Å². The number of pyridine rings is 1. The van der Waals surface area contributed by atoms with Gasteiger partial charge in [0.1, 0.15) is 5.02 Å². The van der Waals surface area contributed by atoms with E-state index in [9.17, 15) is 0 Å². The summed E-state index contributed by atoms with van der Waals surface area (Å²) in [5.41, 5.74) is 1.91. The fourth-order valence-electron chi connectivity index (χ4n) is 1.89. The lowest BCUT2D eigenvalue weighted by Gasteiger charge is -2.05. The summed E-state index contributed by atoms with van der Waals surface area (Å²) in [5, 5.41) is 8.57. The van der Waals surface area contributed by atoms with E-state index in [-0.39, 0.29) is 27.7 Å². The second-order valence-corrected chi connectivity index (χ2v) is 5.82. The standard InChI is InChI=1S/C15H10Cl3N3O2/c1-8-4-2-3-5-9(8)14-21-20-12(23-14)7-22-15-11(17)6-10(16)13(18)19-15/h2-6H,7H2,1H3. The van der Waals surface area contributed by atoms with Gasteiger partial charge in [-0.05, 0) is 24.6 Å². The quantitative estimate of drug-likeness (QED) is 0.606. The van der Waals surface area contributed by atoms with Crippen LogP contribution in [0.25, 0.3) is 11.5 Å². The van der Waals surface area contributed by atoms with Crippen LogP contribution < -0.4 is 4.74 Å². The van der Waals surface area contributed by atoms with Crippen molar-refractivity contribution in [2.45, 2.75) is 13.5 Å². The van der Waals surface area contributed by atoms with Crippen molar-refractivity contribution < 1.29 is 9.15 Å². The molecule has 1 aromatic carbocycles. The normalized spacial score (nSPS) is 10.8. The van der Waals surface area contributed by atoms with Crippen molar-refractivity contribution in [3.63, 3.8) is 0 Å². The maximum atomic E-state index is 5.99. The SMILES string of the molecule is Cc1ccccc1-c1nnc(COc2nc(Cl)c(Cl)cc2Cl)o1. The van der Waals surface area contributed by atoms with E-state index in [4.69, 9.17) is 44.0 Å². The third-order valence-corrected chi connectivity index (χ3v) is 3.97. The first kappa shape index (κ1) is 16.1. The minimum Gasteiger partial charge on any atom is -0.466 e. The molecule has 0 fully saturated rings. The minimum absolute atomic E-state index is 0.0174. The smallest absolute Gasteiger partial charge is 0.254 e. The maximum Gasteiger partial charge on any atom is 0.254 e. The summed E-state index contributed by atoms with van der Waals surface area (Å²) in [6.07, 6.45) is 0. The molecule has 118 valence electrons. The molecule has 0 atom stereocenters. The Morgan fingerprint density at radius 2 is 1.87 bits per heavy atom. The van der Waals surface area contributed by atoms with Gasteiger partial charge in [0.25, 0.3) is 5.89 Å². The van der Waals surface area contributed by atoms with Gasteiger partial charge in [-0.15, -0.1) is 10.2 Å². The Bertz CT molecular complexity index is 852. The van der Waals surface area contributed by atoms with Gasteiger partial charge in [-0.1, -0.05) is 53.0 Å². The van der Waals surface area contributed by atoms with Crippen molar-refractivity contribution in [2.24, 2.45) is 0 Å². The van der Waals surface area contributed by atoms with Crippen LogP contribution in [0.2, 0.25) is 15.2 Å². The average molecular weight is 371 g/mol. The molecule has 2 aromatic heterocycles. The highest BCUT2D eigenvalue weighted by Gasteiger charge is 2.13. The van der Waals surface area contributed by atoms with Gasteiger partial charge < -0.3 is 9.15 Å². The first-order chi connectivity index (χ1) is 11.0. The lowest BCUT2D eigenvalue weighted by atomic mass is 10.1. The van der Waals surface area contributed by atoms with Crippen LogP contribution in [-0.2, 0) is 6.61 Å². The third kappa shape index (κ3) is 3.58. The fraction of sp³-hybridized carbons (Fsp3) is 0.133. The monoisotopic (exact) mass is 369 g/mol. The van der Waals surface area contributed by atoms with E-state index in [0.717, 1.165) is 11.1 Å². The summed E-state index contributed by atoms with van der Waals surface area (Å²) in [5.74, 6) is 0.874. The number of benzene rings is 1. The molecule has 0 unspecified atom stereocenters. The van der Waals surface area contributed by atoms with Gasteiger partial charge in [0.2, 0.25) is 11.8 Å². The number of halogens is 3. The second-order valence-electron chi connectivity index (χ2n) is 4.65. The molecule has 0 bridgehead atoms. The van der Waals surface area contributed by atoms with Crippen LogP contribution in [-0.4, -0.2) is 15.2 Å². The molecule has 2 heterocycles. The van der Waals surface area contributed by atoms with Crippen molar-refractivity contribution in [1.29, 1.82) is 0 Å². The van der Waals surface area contributed by atoms with Crippen molar-refractivity contribution in [2.75, 3.05) is 0 Å². The highest BCUT2D eigenvalue weighted by Crippen LogP contribution is 2.31. The molecule has 0 amide bonds. The van der Waals surface area contributed by atoms with E-state index in [1.165, 1.54) is 6.07 Å². The van der Waals surface area contributed by atoms with Gasteiger partial charge in [0.05, 0.1) is 5.02 Å². The predicted octanol–water partition coefficient (Wildman–Crippen LogP) is 4.98. The second kappa shape index (κ2) is 6.74. The molecule has 3 aromatic rings. The van der Waals surface area contributed by atoms with E-state index in [1.807, 2.05) is 31.2 Å². The van der Waals surface area contributed by atoms with Gasteiger partial charge in [-0.25, -0.2) is 0 Å². The zero-order valence-electron chi connectivity index (χ0n) is 11.9. The van der Waals surface area contributed by atoms with Gasteiger partial charge in [0, 0.05) is 5.56 Å². The largest absolute Gasteiger partial charge is 0.466 e. The molecule has 5 nitrogen and oxygen atoms in total. The molecule has 0 N–H and O–H groups in total. The zero-order chi connectivity index (χ0) is 16.4. The maximum absolute atomic E-state index is 5.99. The van der Waals surface area contributed by atoms with E-state index in [2.05, 4.69) is 15.2 Å². The number of rotatable bonds is 4. The van der Waals surface area contributed by atoms with Crippen LogP contribution in [0.15, 0.2) is 34.7 Å². The topological polar surface area (TPSA) is 61.0 Å². The van der Waals surface area contributed by atoms with Gasteiger partial charge >= 0.3 is 0 Å². The molecule has 0 spiro atoms. The number of hydrogen-bond donors (Lipinski definition) is 0. The summed E-state index contributed by atoms with van der Waals surface area (Å²) in [7, 11) is 0. The molecule has 23 heavy (non-hydrogen) atoms. The molecule has 0 radical (unpaired) electrons. The van der Waals surface area contributed by atoms with Crippen molar-refractivity contribution in [1.82, 2.24) is 15.2 Å². The molecule has 8 heteroatoms. The van der Waals surface area contributed by atoms with E-state index < -0.39 is 0 Å². The van der Waals surface area contributed by atoms with Gasteiger partial charge in [0.15, 0.2) is 11.8 Å². The number of hydrogen-bond acceptors (Lipinski definition) is 5. The number of nitrogens with zero attached hydrogens (tertiary/aromatic N) is 3. The number of aromatic nitrogens is 3. The van der Waals surface area contributed by atoms with Crippen LogP contribution in [0, 0.1) is 6.92 Å². The first-order valence-corrected chi connectivity index (χ1v) is 7.70. The highest BCUT2D eigenvalue weighted by atomic mass is 35.5. The molecule has 0 aliphatic rings. The average Bonchev–Trinajstić information content (AvgIpc) is 2.99. The zero-order valence-corrected chi connectivity index (χ0v) is 14.2. The van der Waals surface area contributed by atoms with Crippen LogP contribution >= 0.6 is 34.8 Å². The minimum atomic E-state index is 0.0174. The molecule has 3 rings (SSSR count). The van der Waals surface area contributed by atoms with E-state index >= 15 is 0 Å². The first-order valence-electron chi connectivity index (χ1n) is 6.57. The Labute approximate surface area is 147 Å². The van der Waals surface area contributed by atoms with Crippen LogP contribution in [0.4, 0.5) is 0 Å². The molecule has 0 saturated carbocycles. The van der Waals surface area contributed by atoms with Crippen LogP contribution in [0.1, 0.15) is 11.5 Å². The Morgan fingerprint density at radius 1 is 1.09 bits per heavy atom.